The Bertz CT molecular complexity index is 982. The Kier molecular flexibility index (Phi) is 4.79. The number of anilines is 1. The molecule has 2 aromatic carbocycles. The number of nitro groups is 1. The molecule has 26 heavy (non-hydrogen) atoms. The SMILES string of the molecule is Cc1ccc(NC(=O)/C=C/c2cccc([N+](=O)[O-])c2)cc1-n1cnnn1. The normalized spacial score (nSPS) is 10.8. The summed E-state index contributed by atoms with van der Waals surface area (Å²) in [6.45, 7) is 1.91. The van der Waals surface area contributed by atoms with Gasteiger partial charge in [-0.3, -0.25) is 14.9 Å². The second kappa shape index (κ2) is 7.34. The Morgan fingerprint density at radius 1 is 1.27 bits per heavy atom. The minimum absolute atomic E-state index is 0.0304. The van der Waals surface area contributed by atoms with E-state index in [-0.39, 0.29) is 11.6 Å². The van der Waals surface area contributed by atoms with E-state index in [2.05, 4.69) is 20.8 Å². The summed E-state index contributed by atoms with van der Waals surface area (Å²) in [5.74, 6) is -0.358. The molecule has 0 unspecified atom stereocenters. The number of rotatable bonds is 5. The molecule has 1 N–H and O–H groups in total. The van der Waals surface area contributed by atoms with Crippen molar-refractivity contribution in [1.82, 2.24) is 20.2 Å². The van der Waals surface area contributed by atoms with E-state index in [4.69, 9.17) is 0 Å². The van der Waals surface area contributed by atoms with Crippen LogP contribution in [0.1, 0.15) is 11.1 Å². The van der Waals surface area contributed by atoms with Crippen molar-refractivity contribution in [1.29, 1.82) is 0 Å². The summed E-state index contributed by atoms with van der Waals surface area (Å²) >= 11 is 0. The fourth-order valence-corrected chi connectivity index (χ4v) is 2.30. The van der Waals surface area contributed by atoms with E-state index in [0.717, 1.165) is 11.3 Å². The number of hydrogen-bond donors (Lipinski definition) is 1. The van der Waals surface area contributed by atoms with Crippen LogP contribution in [0.25, 0.3) is 11.8 Å². The van der Waals surface area contributed by atoms with Crippen molar-refractivity contribution >= 4 is 23.4 Å². The van der Waals surface area contributed by atoms with E-state index in [1.807, 2.05) is 13.0 Å². The average molecular weight is 350 g/mol. The van der Waals surface area contributed by atoms with Crippen LogP contribution in [0.15, 0.2) is 54.9 Å². The van der Waals surface area contributed by atoms with Crippen molar-refractivity contribution in [3.05, 3.63) is 76.1 Å². The number of non-ortho nitro benzene ring substituents is 1. The molecule has 1 aromatic heterocycles. The zero-order valence-corrected chi connectivity index (χ0v) is 13.7. The van der Waals surface area contributed by atoms with Crippen molar-refractivity contribution in [3.8, 4) is 5.69 Å². The first-order valence-electron chi connectivity index (χ1n) is 7.60. The van der Waals surface area contributed by atoms with Crippen LogP contribution in [0.4, 0.5) is 11.4 Å². The van der Waals surface area contributed by atoms with Crippen LogP contribution in [-0.4, -0.2) is 31.0 Å². The van der Waals surface area contributed by atoms with Gasteiger partial charge >= 0.3 is 0 Å². The number of nitro benzene ring substituents is 1. The van der Waals surface area contributed by atoms with Gasteiger partial charge in [0.1, 0.15) is 6.33 Å². The van der Waals surface area contributed by atoms with Gasteiger partial charge in [0, 0.05) is 23.9 Å². The van der Waals surface area contributed by atoms with Gasteiger partial charge in [0.15, 0.2) is 0 Å². The monoisotopic (exact) mass is 350 g/mol. The first kappa shape index (κ1) is 17.0. The first-order valence-corrected chi connectivity index (χ1v) is 7.60. The second-order valence-electron chi connectivity index (χ2n) is 5.43. The van der Waals surface area contributed by atoms with Crippen LogP contribution in [0, 0.1) is 17.0 Å². The van der Waals surface area contributed by atoms with Crippen LogP contribution in [0.5, 0.6) is 0 Å². The molecule has 0 aliphatic heterocycles. The van der Waals surface area contributed by atoms with Gasteiger partial charge in [0.25, 0.3) is 5.69 Å². The van der Waals surface area contributed by atoms with Gasteiger partial charge in [0.05, 0.1) is 10.6 Å². The van der Waals surface area contributed by atoms with Crippen LogP contribution >= 0.6 is 0 Å². The minimum atomic E-state index is -0.482. The number of aryl methyl sites for hydroxylation is 1. The number of nitrogens with zero attached hydrogens (tertiary/aromatic N) is 5. The highest BCUT2D eigenvalue weighted by Crippen LogP contribution is 2.18. The van der Waals surface area contributed by atoms with E-state index in [9.17, 15) is 14.9 Å². The molecule has 3 rings (SSSR count). The zero-order chi connectivity index (χ0) is 18.5. The largest absolute Gasteiger partial charge is 0.322 e. The van der Waals surface area contributed by atoms with Gasteiger partial charge < -0.3 is 5.32 Å². The molecule has 9 nitrogen and oxygen atoms in total. The number of hydrogen-bond acceptors (Lipinski definition) is 6. The van der Waals surface area contributed by atoms with Crippen LogP contribution in [-0.2, 0) is 4.79 Å². The van der Waals surface area contributed by atoms with Crippen molar-refractivity contribution in [2.75, 3.05) is 5.32 Å². The topological polar surface area (TPSA) is 116 Å². The standard InChI is InChI=1S/C17H14N6O3/c1-12-5-7-14(10-16(12)22-11-18-20-21-22)19-17(24)8-6-13-3-2-4-15(9-13)23(25)26/h2-11H,1H3,(H,19,24)/b8-6+. The Morgan fingerprint density at radius 3 is 2.85 bits per heavy atom. The summed E-state index contributed by atoms with van der Waals surface area (Å²) in [4.78, 5) is 22.4. The lowest BCUT2D eigenvalue weighted by Crippen LogP contribution is -2.09. The number of nitrogens with one attached hydrogen (secondary N) is 1. The van der Waals surface area contributed by atoms with Crippen molar-refractivity contribution in [2.45, 2.75) is 6.92 Å². The van der Waals surface area contributed by atoms with Crippen LogP contribution in [0.3, 0.4) is 0 Å². The molecule has 0 saturated heterocycles. The Balaban J connectivity index is 1.73. The lowest BCUT2D eigenvalue weighted by Gasteiger charge is -2.08. The molecule has 0 fully saturated rings. The van der Waals surface area contributed by atoms with Crippen molar-refractivity contribution in [2.24, 2.45) is 0 Å². The van der Waals surface area contributed by atoms with Crippen molar-refractivity contribution in [3.63, 3.8) is 0 Å². The van der Waals surface area contributed by atoms with E-state index in [0.29, 0.717) is 11.3 Å². The minimum Gasteiger partial charge on any atom is -0.322 e. The number of tetrazole rings is 1. The summed E-state index contributed by atoms with van der Waals surface area (Å²) < 4.78 is 1.50. The average Bonchev–Trinajstić information content (AvgIpc) is 3.16. The smallest absolute Gasteiger partial charge is 0.270 e. The van der Waals surface area contributed by atoms with E-state index in [1.165, 1.54) is 35.3 Å². The maximum Gasteiger partial charge on any atom is 0.270 e. The molecule has 0 bridgehead atoms. The van der Waals surface area contributed by atoms with Gasteiger partial charge in [-0.05, 0) is 46.7 Å². The molecule has 0 atom stereocenters. The first-order chi connectivity index (χ1) is 12.5. The van der Waals surface area contributed by atoms with Gasteiger partial charge in [-0.2, -0.15) is 0 Å². The lowest BCUT2D eigenvalue weighted by molar-refractivity contribution is -0.384. The molecule has 0 aliphatic carbocycles. The quantitative estimate of drug-likeness (QED) is 0.429. The molecule has 0 spiro atoms. The third-order valence-electron chi connectivity index (χ3n) is 3.58. The summed E-state index contributed by atoms with van der Waals surface area (Å²) in [5.41, 5.74) is 2.80. The summed E-state index contributed by atoms with van der Waals surface area (Å²) in [6.07, 6.45) is 4.30. The van der Waals surface area contributed by atoms with Crippen LogP contribution in [0.2, 0.25) is 0 Å². The number of carbonyl (C=O) groups excluding carboxylic acids is 1. The highest BCUT2D eigenvalue weighted by atomic mass is 16.6. The number of carbonyl (C=O) groups is 1. The fourth-order valence-electron chi connectivity index (χ4n) is 2.30. The van der Waals surface area contributed by atoms with E-state index in [1.54, 1.807) is 24.3 Å². The number of amides is 1. The van der Waals surface area contributed by atoms with Gasteiger partial charge in [0.2, 0.25) is 5.91 Å². The van der Waals surface area contributed by atoms with Gasteiger partial charge in [-0.25, -0.2) is 4.68 Å². The summed E-state index contributed by atoms with van der Waals surface area (Å²) in [6, 6.07) is 11.4. The lowest BCUT2D eigenvalue weighted by atomic mass is 10.1. The molecule has 0 radical (unpaired) electrons. The van der Waals surface area contributed by atoms with Gasteiger partial charge in [-0.15, -0.1) is 5.10 Å². The van der Waals surface area contributed by atoms with E-state index >= 15 is 0 Å². The Hall–Kier alpha value is -3.88. The third kappa shape index (κ3) is 3.96. The maximum atomic E-state index is 12.1. The maximum absolute atomic E-state index is 12.1. The Labute approximate surface area is 148 Å². The van der Waals surface area contributed by atoms with Gasteiger partial charge in [-0.1, -0.05) is 18.2 Å². The molecule has 0 aliphatic rings. The molecule has 1 amide bonds. The Morgan fingerprint density at radius 2 is 2.12 bits per heavy atom. The van der Waals surface area contributed by atoms with Crippen molar-refractivity contribution < 1.29 is 9.72 Å². The third-order valence-corrected chi connectivity index (χ3v) is 3.58. The molecular weight excluding hydrogens is 336 g/mol. The zero-order valence-electron chi connectivity index (χ0n) is 13.7. The fraction of sp³-hybridized carbons (Fsp3) is 0.0588. The summed E-state index contributed by atoms with van der Waals surface area (Å²) in [7, 11) is 0. The number of aromatic nitrogens is 4. The molecule has 1 heterocycles. The highest BCUT2D eigenvalue weighted by molar-refractivity contribution is 6.02. The molecule has 3 aromatic rings. The molecule has 0 saturated carbocycles. The van der Waals surface area contributed by atoms with Crippen LogP contribution < -0.4 is 5.32 Å². The molecular formula is C17H14N6O3. The second-order valence-corrected chi connectivity index (χ2v) is 5.43. The predicted molar refractivity (Wildman–Crippen MR) is 94.7 cm³/mol. The summed E-state index contributed by atoms with van der Waals surface area (Å²) in [5, 5.41) is 24.6. The number of benzene rings is 2. The molecule has 9 heteroatoms. The molecule has 130 valence electrons. The predicted octanol–water partition coefficient (Wildman–Crippen LogP) is 2.53. The van der Waals surface area contributed by atoms with E-state index < -0.39 is 4.92 Å². The highest BCUT2D eigenvalue weighted by Gasteiger charge is 2.07.